The van der Waals surface area contributed by atoms with Crippen molar-refractivity contribution in [3.8, 4) is 0 Å². The lowest BCUT2D eigenvalue weighted by Gasteiger charge is -2.11. The number of rotatable bonds is 6. The predicted octanol–water partition coefficient (Wildman–Crippen LogP) is 3.23. The van der Waals surface area contributed by atoms with Crippen LogP contribution < -0.4 is 10.4 Å². The highest BCUT2D eigenvalue weighted by Crippen LogP contribution is 2.16. The summed E-state index contributed by atoms with van der Waals surface area (Å²) in [4.78, 5) is 0. The van der Waals surface area contributed by atoms with Crippen molar-refractivity contribution in [1.82, 2.24) is 0 Å². The third-order valence-electron chi connectivity index (χ3n) is 4.91. The Kier molecular flexibility index (Phi) is 5.87. The molecule has 3 aromatic carbocycles. The molecular formula is C24H26Si2. The fraction of sp³-hybridized carbons (Fsp3) is 0.0833. The van der Waals surface area contributed by atoms with E-state index in [4.69, 9.17) is 0 Å². The lowest BCUT2D eigenvalue weighted by molar-refractivity contribution is 1.44. The Morgan fingerprint density at radius 2 is 0.923 bits per heavy atom. The van der Waals surface area contributed by atoms with Gasteiger partial charge in [0.2, 0.25) is 0 Å². The molecule has 0 aliphatic carbocycles. The van der Waals surface area contributed by atoms with Gasteiger partial charge in [-0.15, -0.1) is 0 Å². The van der Waals surface area contributed by atoms with Crippen molar-refractivity contribution in [2.75, 3.05) is 0 Å². The number of hydrogen-bond acceptors (Lipinski definition) is 0. The quantitative estimate of drug-likeness (QED) is 0.585. The van der Waals surface area contributed by atoms with Crippen molar-refractivity contribution in [3.63, 3.8) is 0 Å². The highest BCUT2D eigenvalue weighted by atomic mass is 28.2. The van der Waals surface area contributed by atoms with E-state index in [1.807, 2.05) is 0 Å². The molecule has 0 nitrogen and oxygen atoms in total. The van der Waals surface area contributed by atoms with E-state index in [1.54, 1.807) is 0 Å². The van der Waals surface area contributed by atoms with Crippen LogP contribution in [0.3, 0.4) is 0 Å². The maximum Gasteiger partial charge on any atom is 0.0875 e. The average Bonchev–Trinajstić information content (AvgIpc) is 2.64. The van der Waals surface area contributed by atoms with Gasteiger partial charge in [-0.3, -0.25) is 0 Å². The molecule has 0 N–H and O–H groups in total. The summed E-state index contributed by atoms with van der Waals surface area (Å²) in [7, 11) is -1.02. The molecule has 3 aromatic rings. The first-order chi connectivity index (χ1) is 12.5. The van der Waals surface area contributed by atoms with Gasteiger partial charge in [-0.2, -0.15) is 0 Å². The smallest absolute Gasteiger partial charge is 0.0875 e. The summed E-state index contributed by atoms with van der Waals surface area (Å²) >= 11 is 0. The van der Waals surface area contributed by atoms with E-state index in [-0.39, 0.29) is 0 Å². The SMILES string of the molecule is C=C([SiH2]c1ccc([SiH2]C(=C)c2ccccc2C)cc1)c1ccccc1C. The zero-order valence-electron chi connectivity index (χ0n) is 15.8. The molecule has 0 atom stereocenters. The van der Waals surface area contributed by atoms with Crippen LogP contribution in [-0.4, -0.2) is 19.0 Å². The molecule has 0 heterocycles. The topological polar surface area (TPSA) is 0 Å². The minimum absolute atomic E-state index is 0.508. The predicted molar refractivity (Wildman–Crippen MR) is 123 cm³/mol. The van der Waals surface area contributed by atoms with Crippen LogP contribution in [0.1, 0.15) is 22.3 Å². The second-order valence-electron chi connectivity index (χ2n) is 7.01. The van der Waals surface area contributed by atoms with Gasteiger partial charge in [0.15, 0.2) is 0 Å². The zero-order chi connectivity index (χ0) is 18.5. The highest BCUT2D eigenvalue weighted by Gasteiger charge is 2.07. The molecule has 130 valence electrons. The Balaban J connectivity index is 1.67. The maximum atomic E-state index is 4.36. The van der Waals surface area contributed by atoms with E-state index in [2.05, 4.69) is 99.8 Å². The summed E-state index contributed by atoms with van der Waals surface area (Å²) in [6, 6.07) is 26.3. The molecule has 0 fully saturated rings. The Morgan fingerprint density at radius 1 is 0.577 bits per heavy atom. The molecule has 0 spiro atoms. The van der Waals surface area contributed by atoms with Crippen LogP contribution in [-0.2, 0) is 0 Å². The molecule has 26 heavy (non-hydrogen) atoms. The molecule has 2 heteroatoms. The average molecular weight is 371 g/mol. The number of benzene rings is 3. The second-order valence-corrected chi connectivity index (χ2v) is 11.1. The van der Waals surface area contributed by atoms with Gasteiger partial charge in [0.05, 0.1) is 19.0 Å². The number of aryl methyl sites for hydroxylation is 2. The molecule has 0 aliphatic heterocycles. The molecule has 0 aliphatic rings. The summed E-state index contributed by atoms with van der Waals surface area (Å²) in [5, 5.41) is 5.55. The Bertz CT molecular complexity index is 858. The molecule has 0 aromatic heterocycles. The van der Waals surface area contributed by atoms with E-state index in [9.17, 15) is 0 Å². The van der Waals surface area contributed by atoms with Crippen LogP contribution in [0.15, 0.2) is 86.0 Å². The van der Waals surface area contributed by atoms with Crippen LogP contribution in [0.25, 0.3) is 10.4 Å². The Morgan fingerprint density at radius 3 is 1.27 bits per heavy atom. The van der Waals surface area contributed by atoms with Crippen molar-refractivity contribution in [2.45, 2.75) is 13.8 Å². The second kappa shape index (κ2) is 8.30. The monoisotopic (exact) mass is 370 g/mol. The van der Waals surface area contributed by atoms with Gasteiger partial charge in [-0.25, -0.2) is 0 Å². The van der Waals surface area contributed by atoms with Gasteiger partial charge >= 0.3 is 0 Å². The minimum atomic E-state index is -0.508. The summed E-state index contributed by atoms with van der Waals surface area (Å²) in [6.07, 6.45) is 0. The first-order valence-electron chi connectivity index (χ1n) is 9.10. The van der Waals surface area contributed by atoms with Gasteiger partial charge in [0.25, 0.3) is 0 Å². The van der Waals surface area contributed by atoms with Crippen LogP contribution >= 0.6 is 0 Å². The molecule has 0 unspecified atom stereocenters. The summed E-state index contributed by atoms with van der Waals surface area (Å²) in [5.41, 5.74) is 5.29. The van der Waals surface area contributed by atoms with Crippen molar-refractivity contribution in [3.05, 3.63) is 108 Å². The molecule has 0 radical (unpaired) electrons. The highest BCUT2D eigenvalue weighted by molar-refractivity contribution is 6.74. The van der Waals surface area contributed by atoms with E-state index in [0.29, 0.717) is 0 Å². The normalized spacial score (nSPS) is 11.5. The lowest BCUT2D eigenvalue weighted by atomic mass is 10.1. The van der Waals surface area contributed by atoms with Gasteiger partial charge in [0, 0.05) is 0 Å². The fourth-order valence-corrected chi connectivity index (χ4v) is 6.50. The largest absolute Gasteiger partial charge is 0.0995 e. The zero-order valence-corrected chi connectivity index (χ0v) is 18.6. The molecular weight excluding hydrogens is 344 g/mol. The Hall–Kier alpha value is -2.43. The third kappa shape index (κ3) is 4.40. The molecule has 0 amide bonds. The van der Waals surface area contributed by atoms with E-state index in [1.165, 1.54) is 43.0 Å². The van der Waals surface area contributed by atoms with E-state index >= 15 is 0 Å². The maximum absolute atomic E-state index is 4.36. The molecule has 3 rings (SSSR count). The van der Waals surface area contributed by atoms with Crippen LogP contribution in [0.4, 0.5) is 0 Å². The Labute approximate surface area is 162 Å². The van der Waals surface area contributed by atoms with Gasteiger partial charge in [-0.05, 0) is 36.1 Å². The minimum Gasteiger partial charge on any atom is -0.0995 e. The van der Waals surface area contributed by atoms with Gasteiger partial charge in [-0.1, -0.05) is 107 Å². The first-order valence-corrected chi connectivity index (χ1v) is 11.9. The van der Waals surface area contributed by atoms with Crippen LogP contribution in [0, 0.1) is 13.8 Å². The fourth-order valence-electron chi connectivity index (χ4n) is 3.40. The molecule has 0 saturated heterocycles. The summed E-state index contributed by atoms with van der Waals surface area (Å²) < 4.78 is 0. The first kappa shape index (κ1) is 18.4. The van der Waals surface area contributed by atoms with Crippen molar-refractivity contribution in [2.24, 2.45) is 0 Å². The van der Waals surface area contributed by atoms with E-state index in [0.717, 1.165) is 0 Å². The van der Waals surface area contributed by atoms with Gasteiger partial charge < -0.3 is 0 Å². The third-order valence-corrected chi connectivity index (χ3v) is 8.28. The van der Waals surface area contributed by atoms with Crippen LogP contribution in [0.5, 0.6) is 0 Å². The standard InChI is InChI=1S/C24H26Si2/c1-17-9-5-7-11-23(17)19(3)25-21-13-15-22(16-14-21)26-20(4)24-12-8-6-10-18(24)2/h5-16H,3-4,25-26H2,1-2H3. The summed E-state index contributed by atoms with van der Waals surface area (Å²) in [6.45, 7) is 13.0. The van der Waals surface area contributed by atoms with Crippen molar-refractivity contribution < 1.29 is 0 Å². The summed E-state index contributed by atoms with van der Waals surface area (Å²) in [5.74, 6) is 0. The van der Waals surface area contributed by atoms with Gasteiger partial charge in [0.1, 0.15) is 0 Å². The number of hydrogen-bond donors (Lipinski definition) is 0. The van der Waals surface area contributed by atoms with Crippen LogP contribution in [0.2, 0.25) is 0 Å². The molecule has 0 saturated carbocycles. The van der Waals surface area contributed by atoms with Crippen molar-refractivity contribution in [1.29, 1.82) is 0 Å². The van der Waals surface area contributed by atoms with Crippen molar-refractivity contribution >= 4 is 39.8 Å². The molecule has 0 bridgehead atoms. The lowest BCUT2D eigenvalue weighted by Crippen LogP contribution is -2.21. The van der Waals surface area contributed by atoms with E-state index < -0.39 is 19.0 Å².